The third kappa shape index (κ3) is 5.00. The van der Waals surface area contributed by atoms with Crippen LogP contribution in [0.5, 0.6) is 0 Å². The van der Waals surface area contributed by atoms with Crippen LogP contribution >= 0.6 is 0 Å². The average molecular weight is 260 g/mol. The summed E-state index contributed by atoms with van der Waals surface area (Å²) in [7, 11) is -3.46. The number of nitriles is 1. The molecule has 0 aromatic heterocycles. The van der Waals surface area contributed by atoms with E-state index in [-0.39, 0.29) is 0 Å². The highest BCUT2D eigenvalue weighted by Crippen LogP contribution is 1.97. The van der Waals surface area contributed by atoms with E-state index in [0.29, 0.717) is 6.54 Å². The lowest BCUT2D eigenvalue weighted by Crippen LogP contribution is -2.44. The lowest BCUT2D eigenvalue weighted by atomic mass is 10.3. The maximum absolute atomic E-state index is 11.5. The van der Waals surface area contributed by atoms with Crippen LogP contribution in [-0.4, -0.2) is 57.8 Å². The molecule has 0 saturated carbocycles. The van der Waals surface area contributed by atoms with E-state index < -0.39 is 15.3 Å². The number of rotatable bonds is 6. The highest BCUT2D eigenvalue weighted by Gasteiger charge is 2.19. The Hall–Kier alpha value is -0.680. The van der Waals surface area contributed by atoms with Crippen molar-refractivity contribution >= 4 is 10.0 Å². The summed E-state index contributed by atoms with van der Waals surface area (Å²) in [5, 5.41) is 10.8. The summed E-state index contributed by atoms with van der Waals surface area (Å²) in [6.45, 7) is 6.71. The van der Waals surface area contributed by atoms with Gasteiger partial charge in [0.1, 0.15) is 0 Å². The van der Waals surface area contributed by atoms with Crippen molar-refractivity contribution in [3.63, 3.8) is 0 Å². The summed E-state index contributed by atoms with van der Waals surface area (Å²) in [5.74, 6) is 0. The number of nitrogens with one attached hydrogen (secondary N) is 2. The monoisotopic (exact) mass is 260 g/mol. The molecule has 0 radical (unpaired) electrons. The van der Waals surface area contributed by atoms with E-state index in [0.717, 1.165) is 39.1 Å². The van der Waals surface area contributed by atoms with Crippen LogP contribution in [0.4, 0.5) is 0 Å². The third-order valence-corrected chi connectivity index (χ3v) is 4.45. The average Bonchev–Trinajstić information content (AvgIpc) is 2.35. The first-order valence-corrected chi connectivity index (χ1v) is 7.42. The molecular formula is C10H20N4O2S. The first-order valence-electron chi connectivity index (χ1n) is 5.87. The fourth-order valence-electron chi connectivity index (χ4n) is 1.65. The van der Waals surface area contributed by atoms with E-state index in [9.17, 15) is 8.42 Å². The molecule has 1 unspecified atom stereocenters. The zero-order valence-corrected chi connectivity index (χ0v) is 11.0. The van der Waals surface area contributed by atoms with Crippen LogP contribution in [0.3, 0.4) is 0 Å². The van der Waals surface area contributed by atoms with E-state index in [1.54, 1.807) is 6.07 Å². The molecule has 1 heterocycles. The standard InChI is InChI=1S/C10H20N4O2S/c1-10(9-11)17(15,16)13-3-2-6-14-7-4-12-5-8-14/h10,12-13H,2-8H2,1H3. The van der Waals surface area contributed by atoms with Gasteiger partial charge in [0.2, 0.25) is 10.0 Å². The van der Waals surface area contributed by atoms with Gasteiger partial charge in [-0.3, -0.25) is 0 Å². The van der Waals surface area contributed by atoms with Gasteiger partial charge in [-0.05, 0) is 19.9 Å². The minimum Gasteiger partial charge on any atom is -0.314 e. The number of piperazine rings is 1. The van der Waals surface area contributed by atoms with Crippen molar-refractivity contribution in [1.29, 1.82) is 5.26 Å². The predicted octanol–water partition coefficient (Wildman–Crippen LogP) is -0.887. The van der Waals surface area contributed by atoms with Crippen molar-refractivity contribution in [2.75, 3.05) is 39.3 Å². The molecular weight excluding hydrogens is 240 g/mol. The molecule has 1 aliphatic rings. The van der Waals surface area contributed by atoms with Gasteiger partial charge in [0.05, 0.1) is 6.07 Å². The summed E-state index contributed by atoms with van der Waals surface area (Å²) < 4.78 is 25.4. The molecule has 0 amide bonds. The molecule has 1 saturated heterocycles. The fraction of sp³-hybridized carbons (Fsp3) is 0.900. The molecule has 1 atom stereocenters. The molecule has 6 nitrogen and oxygen atoms in total. The normalized spacial score (nSPS) is 19.8. The molecule has 98 valence electrons. The maximum Gasteiger partial charge on any atom is 0.227 e. The van der Waals surface area contributed by atoms with Gasteiger partial charge in [-0.15, -0.1) is 0 Å². The van der Waals surface area contributed by atoms with Crippen LogP contribution in [0.15, 0.2) is 0 Å². The van der Waals surface area contributed by atoms with E-state index >= 15 is 0 Å². The molecule has 7 heteroatoms. The minimum absolute atomic E-state index is 0.401. The second kappa shape index (κ2) is 6.91. The smallest absolute Gasteiger partial charge is 0.227 e. The van der Waals surface area contributed by atoms with Crippen LogP contribution < -0.4 is 10.0 Å². The number of hydrogen-bond donors (Lipinski definition) is 2. The molecule has 0 aromatic rings. The zero-order valence-electron chi connectivity index (χ0n) is 10.1. The van der Waals surface area contributed by atoms with E-state index in [4.69, 9.17) is 5.26 Å². The Morgan fingerprint density at radius 1 is 1.47 bits per heavy atom. The van der Waals surface area contributed by atoms with Gasteiger partial charge in [0, 0.05) is 32.7 Å². The summed E-state index contributed by atoms with van der Waals surface area (Å²) in [6.07, 6.45) is 0.775. The second-order valence-corrected chi connectivity index (χ2v) is 6.24. The molecule has 1 fully saturated rings. The third-order valence-electron chi connectivity index (χ3n) is 2.81. The minimum atomic E-state index is -3.46. The van der Waals surface area contributed by atoms with E-state index in [2.05, 4.69) is 14.9 Å². The van der Waals surface area contributed by atoms with Gasteiger partial charge in [0.25, 0.3) is 0 Å². The molecule has 0 aliphatic carbocycles. The Morgan fingerprint density at radius 3 is 2.71 bits per heavy atom. The first-order chi connectivity index (χ1) is 8.06. The van der Waals surface area contributed by atoms with Crippen molar-refractivity contribution in [3.05, 3.63) is 0 Å². The van der Waals surface area contributed by atoms with Crippen molar-refractivity contribution in [1.82, 2.24) is 14.9 Å². The molecule has 1 rings (SSSR count). The van der Waals surface area contributed by atoms with Gasteiger partial charge >= 0.3 is 0 Å². The predicted molar refractivity (Wildman–Crippen MR) is 65.9 cm³/mol. The van der Waals surface area contributed by atoms with Gasteiger partial charge < -0.3 is 10.2 Å². The summed E-state index contributed by atoms with van der Waals surface area (Å²) >= 11 is 0. The zero-order chi connectivity index (χ0) is 12.7. The SMILES string of the molecule is CC(C#N)S(=O)(=O)NCCCN1CCNCC1. The Kier molecular flexibility index (Phi) is 5.85. The van der Waals surface area contributed by atoms with Gasteiger partial charge in [-0.25, -0.2) is 13.1 Å². The summed E-state index contributed by atoms with van der Waals surface area (Å²) in [5.41, 5.74) is 0. The topological polar surface area (TPSA) is 85.2 Å². The Bertz CT molecular complexity index is 357. The van der Waals surface area contributed by atoms with Crippen LogP contribution in [0, 0.1) is 11.3 Å². The van der Waals surface area contributed by atoms with E-state index in [1.807, 2.05) is 0 Å². The first kappa shape index (κ1) is 14.4. The Labute approximate surface area is 103 Å². The van der Waals surface area contributed by atoms with Crippen LogP contribution in [-0.2, 0) is 10.0 Å². The lowest BCUT2D eigenvalue weighted by Gasteiger charge is -2.27. The molecule has 2 N–H and O–H groups in total. The van der Waals surface area contributed by atoms with Crippen molar-refractivity contribution in [2.45, 2.75) is 18.6 Å². The Balaban J connectivity index is 2.17. The lowest BCUT2D eigenvalue weighted by molar-refractivity contribution is 0.239. The number of hydrogen-bond acceptors (Lipinski definition) is 5. The van der Waals surface area contributed by atoms with Gasteiger partial charge in [-0.2, -0.15) is 5.26 Å². The van der Waals surface area contributed by atoms with Crippen LogP contribution in [0.1, 0.15) is 13.3 Å². The maximum atomic E-state index is 11.5. The second-order valence-electron chi connectivity index (χ2n) is 4.16. The van der Waals surface area contributed by atoms with Crippen molar-refractivity contribution in [2.24, 2.45) is 0 Å². The van der Waals surface area contributed by atoms with Gasteiger partial charge in [0.15, 0.2) is 5.25 Å². The summed E-state index contributed by atoms with van der Waals surface area (Å²) in [6, 6.07) is 1.73. The molecule has 0 aromatic carbocycles. The quantitative estimate of drug-likeness (QED) is 0.605. The largest absolute Gasteiger partial charge is 0.314 e. The van der Waals surface area contributed by atoms with Crippen LogP contribution in [0.2, 0.25) is 0 Å². The fourth-order valence-corrected chi connectivity index (χ4v) is 2.46. The molecule has 0 spiro atoms. The molecule has 1 aliphatic heterocycles. The van der Waals surface area contributed by atoms with Crippen LogP contribution in [0.25, 0.3) is 0 Å². The number of nitrogens with zero attached hydrogens (tertiary/aromatic N) is 2. The summed E-state index contributed by atoms with van der Waals surface area (Å²) in [4.78, 5) is 2.30. The number of sulfonamides is 1. The highest BCUT2D eigenvalue weighted by atomic mass is 32.2. The van der Waals surface area contributed by atoms with Crippen molar-refractivity contribution in [3.8, 4) is 6.07 Å². The molecule has 17 heavy (non-hydrogen) atoms. The highest BCUT2D eigenvalue weighted by molar-refractivity contribution is 7.90. The van der Waals surface area contributed by atoms with Gasteiger partial charge in [-0.1, -0.05) is 0 Å². The van der Waals surface area contributed by atoms with E-state index in [1.165, 1.54) is 6.92 Å². The van der Waals surface area contributed by atoms with Crippen molar-refractivity contribution < 1.29 is 8.42 Å². The Morgan fingerprint density at radius 2 is 2.12 bits per heavy atom. The molecule has 0 bridgehead atoms.